The SMILES string of the molecule is O=C1NC(=O)C(c2ccc(CCc3ccc(Cl)cc3)cc2)C1=O. The molecule has 4 nitrogen and oxygen atoms in total. The van der Waals surface area contributed by atoms with E-state index in [-0.39, 0.29) is 0 Å². The van der Waals surface area contributed by atoms with Crippen molar-refractivity contribution in [3.8, 4) is 0 Å². The molecule has 0 aliphatic carbocycles. The predicted octanol–water partition coefficient (Wildman–Crippen LogP) is 2.43. The number of aryl methyl sites for hydroxylation is 2. The van der Waals surface area contributed by atoms with Gasteiger partial charge in [0.2, 0.25) is 11.7 Å². The Morgan fingerprint density at radius 2 is 1.35 bits per heavy atom. The highest BCUT2D eigenvalue weighted by molar-refractivity contribution is 6.50. The number of carbonyl (C=O) groups excluding carboxylic acids is 3. The molecule has 0 spiro atoms. The second-order valence-corrected chi connectivity index (χ2v) is 5.92. The molecular formula is C18H14ClNO3. The summed E-state index contributed by atoms with van der Waals surface area (Å²) in [5.74, 6) is -3.07. The summed E-state index contributed by atoms with van der Waals surface area (Å²) >= 11 is 5.86. The van der Waals surface area contributed by atoms with Gasteiger partial charge < -0.3 is 0 Å². The molecule has 2 amide bonds. The third-order valence-electron chi connectivity index (χ3n) is 3.91. The minimum absolute atomic E-state index is 0.547. The van der Waals surface area contributed by atoms with Crippen molar-refractivity contribution in [2.24, 2.45) is 0 Å². The summed E-state index contributed by atoms with van der Waals surface area (Å²) < 4.78 is 0. The number of nitrogens with one attached hydrogen (secondary N) is 1. The molecule has 0 radical (unpaired) electrons. The minimum Gasteiger partial charge on any atom is -0.289 e. The van der Waals surface area contributed by atoms with Gasteiger partial charge >= 0.3 is 0 Å². The molecule has 1 heterocycles. The van der Waals surface area contributed by atoms with Crippen LogP contribution in [0.5, 0.6) is 0 Å². The van der Waals surface area contributed by atoms with Gasteiger partial charge in [-0.05, 0) is 41.7 Å². The average Bonchev–Trinajstić information content (AvgIpc) is 2.80. The minimum atomic E-state index is -1.01. The highest BCUT2D eigenvalue weighted by Crippen LogP contribution is 2.22. The van der Waals surface area contributed by atoms with E-state index in [0.29, 0.717) is 10.6 Å². The van der Waals surface area contributed by atoms with Gasteiger partial charge in [-0.2, -0.15) is 0 Å². The molecule has 1 N–H and O–H groups in total. The Balaban J connectivity index is 1.67. The fraction of sp³-hybridized carbons (Fsp3) is 0.167. The van der Waals surface area contributed by atoms with E-state index in [1.165, 1.54) is 5.56 Å². The van der Waals surface area contributed by atoms with E-state index in [1.54, 1.807) is 12.1 Å². The van der Waals surface area contributed by atoms with Crippen molar-refractivity contribution in [3.05, 3.63) is 70.2 Å². The van der Waals surface area contributed by atoms with E-state index in [2.05, 4.69) is 0 Å². The molecular weight excluding hydrogens is 314 g/mol. The lowest BCUT2D eigenvalue weighted by atomic mass is 9.94. The number of carbonyl (C=O) groups is 3. The quantitative estimate of drug-likeness (QED) is 0.533. The Morgan fingerprint density at radius 1 is 0.826 bits per heavy atom. The van der Waals surface area contributed by atoms with Crippen LogP contribution in [0.2, 0.25) is 5.02 Å². The van der Waals surface area contributed by atoms with Gasteiger partial charge in [0.15, 0.2) is 0 Å². The van der Waals surface area contributed by atoms with Gasteiger partial charge in [-0.15, -0.1) is 0 Å². The van der Waals surface area contributed by atoms with Crippen LogP contribution in [0.3, 0.4) is 0 Å². The van der Waals surface area contributed by atoms with Crippen LogP contribution >= 0.6 is 11.6 Å². The predicted molar refractivity (Wildman–Crippen MR) is 86.2 cm³/mol. The lowest BCUT2D eigenvalue weighted by Crippen LogP contribution is -2.22. The number of ketones is 1. The number of hydrogen-bond donors (Lipinski definition) is 1. The first-order valence-electron chi connectivity index (χ1n) is 7.27. The summed E-state index contributed by atoms with van der Waals surface area (Å²) in [5, 5.41) is 2.76. The number of amides is 2. The summed E-state index contributed by atoms with van der Waals surface area (Å²) in [6.45, 7) is 0. The molecule has 2 aromatic carbocycles. The lowest BCUT2D eigenvalue weighted by Gasteiger charge is -2.07. The van der Waals surface area contributed by atoms with Crippen LogP contribution in [0.4, 0.5) is 0 Å². The topological polar surface area (TPSA) is 63.2 Å². The van der Waals surface area contributed by atoms with Crippen LogP contribution in [0.25, 0.3) is 0 Å². The number of hydrogen-bond acceptors (Lipinski definition) is 3. The Labute approximate surface area is 138 Å². The zero-order valence-corrected chi connectivity index (χ0v) is 13.0. The van der Waals surface area contributed by atoms with Crippen molar-refractivity contribution in [3.63, 3.8) is 0 Å². The van der Waals surface area contributed by atoms with Gasteiger partial charge in [0.25, 0.3) is 5.91 Å². The maximum atomic E-state index is 11.7. The van der Waals surface area contributed by atoms with Gasteiger partial charge in [-0.3, -0.25) is 19.7 Å². The average molecular weight is 328 g/mol. The molecule has 1 aliphatic heterocycles. The normalized spacial score (nSPS) is 17.4. The van der Waals surface area contributed by atoms with Crippen molar-refractivity contribution in [2.45, 2.75) is 18.8 Å². The zero-order valence-electron chi connectivity index (χ0n) is 12.2. The molecule has 1 saturated heterocycles. The molecule has 2 aromatic rings. The van der Waals surface area contributed by atoms with Crippen molar-refractivity contribution in [1.29, 1.82) is 0 Å². The Bertz CT molecular complexity index is 766. The third kappa shape index (κ3) is 3.32. The van der Waals surface area contributed by atoms with Crippen LogP contribution in [-0.4, -0.2) is 17.6 Å². The Kier molecular flexibility index (Phi) is 4.26. The fourth-order valence-corrected chi connectivity index (χ4v) is 2.74. The number of Topliss-reactive ketones (excluding diaryl/α,β-unsaturated/α-hetero) is 1. The van der Waals surface area contributed by atoms with Gasteiger partial charge in [0, 0.05) is 5.02 Å². The molecule has 1 aliphatic rings. The molecule has 116 valence electrons. The molecule has 0 saturated carbocycles. The largest absolute Gasteiger partial charge is 0.295 e. The van der Waals surface area contributed by atoms with Crippen molar-refractivity contribution >= 4 is 29.2 Å². The molecule has 0 aromatic heterocycles. The molecule has 3 rings (SSSR count). The molecule has 1 unspecified atom stereocenters. The maximum absolute atomic E-state index is 11.7. The molecule has 23 heavy (non-hydrogen) atoms. The molecule has 1 atom stereocenters. The standard InChI is InChI=1S/C18H14ClNO3/c19-14-9-5-12(6-10-14)2-1-11-3-7-13(8-4-11)15-16(21)18(23)20-17(15)22/h3-10,15H,1-2H2,(H,20,22,23). The first-order valence-corrected chi connectivity index (χ1v) is 7.65. The molecule has 5 heteroatoms. The monoisotopic (exact) mass is 327 g/mol. The van der Waals surface area contributed by atoms with E-state index in [4.69, 9.17) is 11.6 Å². The van der Waals surface area contributed by atoms with Crippen LogP contribution < -0.4 is 5.32 Å². The van der Waals surface area contributed by atoms with Crippen LogP contribution in [0.15, 0.2) is 48.5 Å². The van der Waals surface area contributed by atoms with E-state index < -0.39 is 23.5 Å². The van der Waals surface area contributed by atoms with E-state index in [9.17, 15) is 14.4 Å². The lowest BCUT2D eigenvalue weighted by molar-refractivity contribution is -0.135. The summed E-state index contributed by atoms with van der Waals surface area (Å²) in [6, 6.07) is 14.9. The van der Waals surface area contributed by atoms with Crippen molar-refractivity contribution in [1.82, 2.24) is 5.32 Å². The molecule has 1 fully saturated rings. The van der Waals surface area contributed by atoms with Gasteiger partial charge in [0.05, 0.1) is 0 Å². The van der Waals surface area contributed by atoms with E-state index in [0.717, 1.165) is 18.4 Å². The Morgan fingerprint density at radius 3 is 1.83 bits per heavy atom. The third-order valence-corrected chi connectivity index (χ3v) is 4.17. The number of benzene rings is 2. The van der Waals surface area contributed by atoms with Crippen LogP contribution in [0, 0.1) is 0 Å². The summed E-state index contributed by atoms with van der Waals surface area (Å²) in [7, 11) is 0. The number of rotatable bonds is 4. The molecule has 0 bridgehead atoms. The second kappa shape index (κ2) is 6.34. The number of halogens is 1. The van der Waals surface area contributed by atoms with Gasteiger partial charge in [-0.1, -0.05) is 48.0 Å². The second-order valence-electron chi connectivity index (χ2n) is 5.48. The highest BCUT2D eigenvalue weighted by atomic mass is 35.5. The fourth-order valence-electron chi connectivity index (χ4n) is 2.62. The maximum Gasteiger partial charge on any atom is 0.295 e. The first-order chi connectivity index (χ1) is 11.0. The van der Waals surface area contributed by atoms with E-state index >= 15 is 0 Å². The summed E-state index contributed by atoms with van der Waals surface area (Å²) in [4.78, 5) is 34.6. The number of imide groups is 1. The van der Waals surface area contributed by atoms with Crippen molar-refractivity contribution < 1.29 is 14.4 Å². The highest BCUT2D eigenvalue weighted by Gasteiger charge is 2.40. The Hall–Kier alpha value is -2.46. The van der Waals surface area contributed by atoms with Gasteiger partial charge in [-0.25, -0.2) is 0 Å². The van der Waals surface area contributed by atoms with Gasteiger partial charge in [0.1, 0.15) is 5.92 Å². The zero-order chi connectivity index (χ0) is 16.4. The van der Waals surface area contributed by atoms with Crippen molar-refractivity contribution in [2.75, 3.05) is 0 Å². The first kappa shape index (κ1) is 15.4. The van der Waals surface area contributed by atoms with Crippen LogP contribution in [-0.2, 0) is 27.2 Å². The smallest absolute Gasteiger partial charge is 0.289 e. The summed E-state index contributed by atoms with van der Waals surface area (Å²) in [5.41, 5.74) is 2.84. The van der Waals surface area contributed by atoms with Crippen LogP contribution in [0.1, 0.15) is 22.6 Å². The summed E-state index contributed by atoms with van der Waals surface area (Å²) in [6.07, 6.45) is 1.71. The van der Waals surface area contributed by atoms with E-state index in [1.807, 2.05) is 41.7 Å².